The number of halogens is 2. The molecule has 2 aromatic carbocycles. The van der Waals surface area contributed by atoms with E-state index in [1.807, 2.05) is 19.1 Å². The lowest BCUT2D eigenvalue weighted by Gasteiger charge is -2.22. The van der Waals surface area contributed by atoms with Crippen LogP contribution < -0.4 is 4.74 Å². The molecule has 1 aliphatic carbocycles. The van der Waals surface area contributed by atoms with Crippen molar-refractivity contribution in [3.8, 4) is 11.5 Å². The van der Waals surface area contributed by atoms with Crippen molar-refractivity contribution in [3.05, 3.63) is 57.6 Å². The van der Waals surface area contributed by atoms with E-state index in [2.05, 4.69) is 0 Å². The minimum atomic E-state index is -0.673. The number of ketones is 2. The summed E-state index contributed by atoms with van der Waals surface area (Å²) < 4.78 is 5.85. The van der Waals surface area contributed by atoms with Crippen LogP contribution in [0.3, 0.4) is 0 Å². The molecule has 130 valence electrons. The van der Waals surface area contributed by atoms with Crippen LogP contribution in [0.5, 0.6) is 11.5 Å². The van der Waals surface area contributed by atoms with Crippen LogP contribution in [-0.2, 0) is 16.0 Å². The van der Waals surface area contributed by atoms with Crippen molar-refractivity contribution in [2.75, 3.05) is 0 Å². The fourth-order valence-electron chi connectivity index (χ4n) is 3.16. The lowest BCUT2D eigenvalue weighted by Crippen LogP contribution is -2.27. The standard InChI is InChI=1S/C20H18Cl2O3/c1-2-12-6-8-14(25-19-9-7-13(21)10-16(19)22)11-15(12)20-17(23)4-3-5-18(20)24/h6-11,20H,2-5H2,1H3. The van der Waals surface area contributed by atoms with E-state index in [0.29, 0.717) is 40.8 Å². The quantitative estimate of drug-likeness (QED) is 0.637. The van der Waals surface area contributed by atoms with Gasteiger partial charge in [-0.1, -0.05) is 36.2 Å². The third-order valence-corrected chi connectivity index (χ3v) is 4.95. The van der Waals surface area contributed by atoms with Gasteiger partial charge >= 0.3 is 0 Å². The van der Waals surface area contributed by atoms with Crippen LogP contribution in [0.4, 0.5) is 0 Å². The zero-order valence-corrected chi connectivity index (χ0v) is 15.4. The molecule has 5 heteroatoms. The first-order valence-corrected chi connectivity index (χ1v) is 9.06. The second-order valence-electron chi connectivity index (χ2n) is 6.11. The SMILES string of the molecule is CCc1ccc(Oc2ccc(Cl)cc2Cl)cc1C1C(=O)CCCC1=O. The van der Waals surface area contributed by atoms with E-state index in [4.69, 9.17) is 27.9 Å². The average molecular weight is 377 g/mol. The molecule has 1 aliphatic rings. The highest BCUT2D eigenvalue weighted by atomic mass is 35.5. The molecule has 0 spiro atoms. The molecule has 0 heterocycles. The summed E-state index contributed by atoms with van der Waals surface area (Å²) in [4.78, 5) is 24.7. The fraction of sp³-hybridized carbons (Fsp3) is 0.300. The van der Waals surface area contributed by atoms with Gasteiger partial charge in [0.05, 0.1) is 5.02 Å². The second-order valence-corrected chi connectivity index (χ2v) is 6.95. The molecular formula is C20H18Cl2O3. The molecule has 0 radical (unpaired) electrons. The van der Waals surface area contributed by atoms with E-state index in [0.717, 1.165) is 17.5 Å². The van der Waals surface area contributed by atoms with Crippen molar-refractivity contribution in [2.24, 2.45) is 0 Å². The second kappa shape index (κ2) is 7.59. The smallest absolute Gasteiger partial charge is 0.147 e. The molecule has 0 atom stereocenters. The largest absolute Gasteiger partial charge is 0.456 e. The van der Waals surface area contributed by atoms with Gasteiger partial charge in [0.25, 0.3) is 0 Å². The Bertz CT molecular complexity index is 814. The van der Waals surface area contributed by atoms with Gasteiger partial charge in [-0.3, -0.25) is 9.59 Å². The van der Waals surface area contributed by atoms with E-state index >= 15 is 0 Å². The van der Waals surface area contributed by atoms with Crippen LogP contribution in [-0.4, -0.2) is 11.6 Å². The molecule has 0 aliphatic heterocycles. The van der Waals surface area contributed by atoms with Crippen molar-refractivity contribution in [3.63, 3.8) is 0 Å². The normalized spacial score (nSPS) is 15.5. The Morgan fingerprint density at radius 2 is 1.76 bits per heavy atom. The van der Waals surface area contributed by atoms with Crippen LogP contribution in [0, 0.1) is 0 Å². The van der Waals surface area contributed by atoms with Crippen molar-refractivity contribution < 1.29 is 14.3 Å². The first-order chi connectivity index (χ1) is 12.0. The molecular weight excluding hydrogens is 359 g/mol. The topological polar surface area (TPSA) is 43.4 Å². The van der Waals surface area contributed by atoms with Crippen molar-refractivity contribution in [1.29, 1.82) is 0 Å². The van der Waals surface area contributed by atoms with Gasteiger partial charge in [-0.05, 0) is 54.3 Å². The van der Waals surface area contributed by atoms with Gasteiger partial charge in [-0.15, -0.1) is 0 Å². The zero-order valence-electron chi connectivity index (χ0n) is 13.9. The maximum atomic E-state index is 12.3. The molecule has 3 nitrogen and oxygen atoms in total. The summed E-state index contributed by atoms with van der Waals surface area (Å²) in [7, 11) is 0. The van der Waals surface area contributed by atoms with Crippen LogP contribution in [0.15, 0.2) is 36.4 Å². The molecule has 3 rings (SSSR count). The Labute approximate surface area is 156 Å². The number of rotatable bonds is 4. The van der Waals surface area contributed by atoms with Gasteiger partial charge in [0.2, 0.25) is 0 Å². The Morgan fingerprint density at radius 1 is 1.04 bits per heavy atom. The van der Waals surface area contributed by atoms with Crippen LogP contribution in [0.2, 0.25) is 10.0 Å². The summed E-state index contributed by atoms with van der Waals surface area (Å²) in [6, 6.07) is 10.5. The molecule has 0 saturated heterocycles. The zero-order chi connectivity index (χ0) is 18.0. The van der Waals surface area contributed by atoms with Gasteiger partial charge in [-0.25, -0.2) is 0 Å². The Morgan fingerprint density at radius 3 is 2.40 bits per heavy atom. The van der Waals surface area contributed by atoms with Crippen LogP contribution in [0.1, 0.15) is 43.2 Å². The van der Waals surface area contributed by atoms with E-state index in [9.17, 15) is 9.59 Å². The van der Waals surface area contributed by atoms with E-state index in [-0.39, 0.29) is 11.6 Å². The fourth-order valence-corrected chi connectivity index (χ4v) is 3.61. The number of hydrogen-bond donors (Lipinski definition) is 0. The van der Waals surface area contributed by atoms with Gasteiger partial charge in [0.15, 0.2) is 0 Å². The summed E-state index contributed by atoms with van der Waals surface area (Å²) in [5, 5.41) is 0.927. The third kappa shape index (κ3) is 3.88. The third-order valence-electron chi connectivity index (χ3n) is 4.42. The summed E-state index contributed by atoms with van der Waals surface area (Å²) in [6.45, 7) is 2.01. The Hall–Kier alpha value is -1.84. The first-order valence-electron chi connectivity index (χ1n) is 8.30. The monoisotopic (exact) mass is 376 g/mol. The lowest BCUT2D eigenvalue weighted by atomic mass is 9.79. The molecule has 0 aromatic heterocycles. The number of Topliss-reactive ketones (excluding diaryl/α,β-unsaturated/α-hetero) is 2. The summed E-state index contributed by atoms with van der Waals surface area (Å²) in [5.41, 5.74) is 1.74. The van der Waals surface area contributed by atoms with Gasteiger partial charge in [0.1, 0.15) is 29.0 Å². The Balaban J connectivity index is 1.97. The summed E-state index contributed by atoms with van der Waals surface area (Å²) in [6.07, 6.45) is 2.29. The van der Waals surface area contributed by atoms with Gasteiger partial charge in [-0.2, -0.15) is 0 Å². The van der Waals surface area contributed by atoms with Crippen LogP contribution >= 0.6 is 23.2 Å². The predicted octanol–water partition coefficient (Wildman–Crippen LogP) is 5.75. The highest BCUT2D eigenvalue weighted by Crippen LogP contribution is 2.36. The first kappa shape index (κ1) is 18.0. The lowest BCUT2D eigenvalue weighted by molar-refractivity contribution is -0.131. The van der Waals surface area contributed by atoms with Crippen molar-refractivity contribution >= 4 is 34.8 Å². The van der Waals surface area contributed by atoms with Gasteiger partial charge in [0, 0.05) is 17.9 Å². The molecule has 2 aromatic rings. The van der Waals surface area contributed by atoms with Crippen molar-refractivity contribution in [2.45, 2.75) is 38.5 Å². The average Bonchev–Trinajstić information content (AvgIpc) is 2.57. The van der Waals surface area contributed by atoms with Crippen molar-refractivity contribution in [1.82, 2.24) is 0 Å². The molecule has 1 saturated carbocycles. The minimum absolute atomic E-state index is 0.00683. The highest BCUT2D eigenvalue weighted by Gasteiger charge is 2.33. The van der Waals surface area contributed by atoms with E-state index in [1.165, 1.54) is 0 Å². The Kier molecular flexibility index (Phi) is 5.45. The predicted molar refractivity (Wildman–Crippen MR) is 99.0 cm³/mol. The maximum Gasteiger partial charge on any atom is 0.147 e. The number of ether oxygens (including phenoxy) is 1. The number of benzene rings is 2. The number of carbonyl (C=O) groups excluding carboxylic acids is 2. The number of hydrogen-bond acceptors (Lipinski definition) is 3. The summed E-state index contributed by atoms with van der Waals surface area (Å²) >= 11 is 12.1. The number of carbonyl (C=O) groups is 2. The van der Waals surface area contributed by atoms with E-state index < -0.39 is 5.92 Å². The molecule has 1 fully saturated rings. The molecule has 0 amide bonds. The minimum Gasteiger partial charge on any atom is -0.456 e. The van der Waals surface area contributed by atoms with Crippen LogP contribution in [0.25, 0.3) is 0 Å². The molecule has 0 N–H and O–H groups in total. The molecule has 0 unspecified atom stereocenters. The maximum absolute atomic E-state index is 12.3. The molecule has 25 heavy (non-hydrogen) atoms. The van der Waals surface area contributed by atoms with Gasteiger partial charge < -0.3 is 4.74 Å². The highest BCUT2D eigenvalue weighted by molar-refractivity contribution is 6.35. The van der Waals surface area contributed by atoms with E-state index in [1.54, 1.807) is 24.3 Å². The molecule has 0 bridgehead atoms. The number of aryl methyl sites for hydroxylation is 1. The summed E-state index contributed by atoms with van der Waals surface area (Å²) in [5.74, 6) is 0.332.